The molecule has 0 unspecified atom stereocenters. The summed E-state index contributed by atoms with van der Waals surface area (Å²) < 4.78 is 26.1. The summed E-state index contributed by atoms with van der Waals surface area (Å²) in [6.07, 6.45) is 5.67. The SMILES string of the molecule is CCN(c1ccc2sc(C(=O)NC3CCCC3)cc2c1)S(C)(=O)=O. The molecular weight excluding hydrogens is 344 g/mol. The fourth-order valence-electron chi connectivity index (χ4n) is 3.23. The number of carbonyl (C=O) groups excluding carboxylic acids is 1. The number of anilines is 1. The monoisotopic (exact) mass is 366 g/mol. The predicted molar refractivity (Wildman–Crippen MR) is 99.4 cm³/mol. The number of rotatable bonds is 5. The summed E-state index contributed by atoms with van der Waals surface area (Å²) in [5.41, 5.74) is 0.632. The summed E-state index contributed by atoms with van der Waals surface area (Å²) in [7, 11) is -3.30. The number of thiophene rings is 1. The molecule has 130 valence electrons. The minimum atomic E-state index is -3.30. The molecule has 1 N–H and O–H groups in total. The summed E-state index contributed by atoms with van der Waals surface area (Å²) >= 11 is 1.44. The Kier molecular flexibility index (Phi) is 4.83. The van der Waals surface area contributed by atoms with Crippen LogP contribution >= 0.6 is 11.3 Å². The Hall–Kier alpha value is -1.60. The average Bonchev–Trinajstić information content (AvgIpc) is 3.14. The van der Waals surface area contributed by atoms with Crippen LogP contribution in [0.3, 0.4) is 0 Å². The van der Waals surface area contributed by atoms with E-state index in [1.807, 2.05) is 18.2 Å². The van der Waals surface area contributed by atoms with Gasteiger partial charge in [0.25, 0.3) is 5.91 Å². The van der Waals surface area contributed by atoms with E-state index in [9.17, 15) is 13.2 Å². The molecule has 0 aliphatic heterocycles. The van der Waals surface area contributed by atoms with E-state index in [0.717, 1.165) is 22.9 Å². The van der Waals surface area contributed by atoms with Crippen molar-refractivity contribution in [2.24, 2.45) is 0 Å². The van der Waals surface area contributed by atoms with Gasteiger partial charge in [0.2, 0.25) is 10.0 Å². The van der Waals surface area contributed by atoms with Crippen LogP contribution < -0.4 is 9.62 Å². The number of hydrogen-bond donors (Lipinski definition) is 1. The van der Waals surface area contributed by atoms with Gasteiger partial charge in [0, 0.05) is 17.3 Å². The molecule has 0 bridgehead atoms. The van der Waals surface area contributed by atoms with Gasteiger partial charge >= 0.3 is 0 Å². The number of hydrogen-bond acceptors (Lipinski definition) is 4. The van der Waals surface area contributed by atoms with E-state index in [0.29, 0.717) is 23.2 Å². The third kappa shape index (κ3) is 3.57. The molecule has 1 aliphatic rings. The fourth-order valence-corrected chi connectivity index (χ4v) is 5.14. The van der Waals surface area contributed by atoms with Crippen molar-refractivity contribution in [2.75, 3.05) is 17.1 Å². The van der Waals surface area contributed by atoms with Gasteiger partial charge in [-0.05, 0) is 49.4 Å². The molecule has 24 heavy (non-hydrogen) atoms. The van der Waals surface area contributed by atoms with Crippen LogP contribution in [0.1, 0.15) is 42.3 Å². The van der Waals surface area contributed by atoms with Crippen LogP contribution in [0.15, 0.2) is 24.3 Å². The Bertz CT molecular complexity index is 852. The molecule has 1 heterocycles. The minimum absolute atomic E-state index is 0.0277. The Morgan fingerprint density at radius 1 is 1.29 bits per heavy atom. The molecule has 1 fully saturated rings. The van der Waals surface area contributed by atoms with Gasteiger partial charge in [0.05, 0.1) is 16.8 Å². The van der Waals surface area contributed by atoms with E-state index in [-0.39, 0.29) is 5.91 Å². The van der Waals surface area contributed by atoms with E-state index in [1.165, 1.54) is 34.7 Å². The van der Waals surface area contributed by atoms with Gasteiger partial charge in [-0.2, -0.15) is 0 Å². The van der Waals surface area contributed by atoms with Crippen molar-refractivity contribution in [3.05, 3.63) is 29.1 Å². The molecule has 1 aliphatic carbocycles. The molecule has 2 aromatic rings. The van der Waals surface area contributed by atoms with Crippen LogP contribution in [-0.2, 0) is 10.0 Å². The van der Waals surface area contributed by atoms with Crippen LogP contribution in [0.4, 0.5) is 5.69 Å². The van der Waals surface area contributed by atoms with E-state index in [4.69, 9.17) is 0 Å². The van der Waals surface area contributed by atoms with Gasteiger partial charge in [0.15, 0.2) is 0 Å². The second-order valence-corrected chi connectivity index (χ2v) is 9.21. The molecule has 0 spiro atoms. The van der Waals surface area contributed by atoms with Gasteiger partial charge in [-0.25, -0.2) is 8.42 Å². The summed E-state index contributed by atoms with van der Waals surface area (Å²) in [6.45, 7) is 2.18. The smallest absolute Gasteiger partial charge is 0.261 e. The lowest BCUT2D eigenvalue weighted by Gasteiger charge is -2.20. The first kappa shape index (κ1) is 17.2. The standard InChI is InChI=1S/C17H22N2O3S2/c1-3-19(24(2,21)22)14-8-9-15-12(10-14)11-16(23-15)17(20)18-13-6-4-5-7-13/h8-11,13H,3-7H2,1-2H3,(H,18,20). The van der Waals surface area contributed by atoms with Crippen LogP contribution in [-0.4, -0.2) is 33.2 Å². The first-order valence-corrected chi connectivity index (χ1v) is 10.9. The molecule has 5 nitrogen and oxygen atoms in total. The quantitative estimate of drug-likeness (QED) is 0.882. The van der Waals surface area contributed by atoms with E-state index >= 15 is 0 Å². The topological polar surface area (TPSA) is 66.5 Å². The van der Waals surface area contributed by atoms with Crippen molar-refractivity contribution in [3.63, 3.8) is 0 Å². The third-order valence-electron chi connectivity index (χ3n) is 4.39. The van der Waals surface area contributed by atoms with Crippen molar-refractivity contribution in [2.45, 2.75) is 38.6 Å². The fraction of sp³-hybridized carbons (Fsp3) is 0.471. The maximum atomic E-state index is 12.4. The van der Waals surface area contributed by atoms with Gasteiger partial charge in [-0.3, -0.25) is 9.10 Å². The summed E-state index contributed by atoms with van der Waals surface area (Å²) in [4.78, 5) is 13.1. The number of sulfonamides is 1. The van der Waals surface area contributed by atoms with Crippen LogP contribution in [0.5, 0.6) is 0 Å². The summed E-state index contributed by atoms with van der Waals surface area (Å²) in [6, 6.07) is 7.66. The first-order valence-electron chi connectivity index (χ1n) is 8.20. The molecule has 0 atom stereocenters. The highest BCUT2D eigenvalue weighted by molar-refractivity contribution is 7.92. The van der Waals surface area contributed by atoms with Gasteiger partial charge < -0.3 is 5.32 Å². The van der Waals surface area contributed by atoms with Crippen molar-refractivity contribution in [3.8, 4) is 0 Å². The van der Waals surface area contributed by atoms with Crippen LogP contribution in [0.2, 0.25) is 0 Å². The lowest BCUT2D eigenvalue weighted by molar-refractivity contribution is 0.0942. The van der Waals surface area contributed by atoms with E-state index < -0.39 is 10.0 Å². The molecule has 7 heteroatoms. The Morgan fingerprint density at radius 3 is 2.62 bits per heavy atom. The van der Waals surface area contributed by atoms with Gasteiger partial charge in [0.1, 0.15) is 0 Å². The number of nitrogens with one attached hydrogen (secondary N) is 1. The zero-order valence-corrected chi connectivity index (χ0v) is 15.5. The molecule has 3 rings (SSSR count). The third-order valence-corrected chi connectivity index (χ3v) is 6.77. The highest BCUT2D eigenvalue weighted by Crippen LogP contribution is 2.30. The number of fused-ring (bicyclic) bond motifs is 1. The highest BCUT2D eigenvalue weighted by atomic mass is 32.2. The molecule has 0 radical (unpaired) electrons. The normalized spacial score (nSPS) is 15.8. The Labute approximate surface area is 146 Å². The number of nitrogens with zero attached hydrogens (tertiary/aromatic N) is 1. The average molecular weight is 367 g/mol. The molecule has 1 saturated carbocycles. The van der Waals surface area contributed by atoms with E-state index in [2.05, 4.69) is 5.32 Å². The number of amides is 1. The predicted octanol–water partition coefficient (Wildman–Crippen LogP) is 3.36. The van der Waals surface area contributed by atoms with Crippen LogP contribution in [0, 0.1) is 0 Å². The van der Waals surface area contributed by atoms with Crippen molar-refractivity contribution in [1.29, 1.82) is 0 Å². The van der Waals surface area contributed by atoms with Crippen LogP contribution in [0.25, 0.3) is 10.1 Å². The highest BCUT2D eigenvalue weighted by Gasteiger charge is 2.20. The van der Waals surface area contributed by atoms with Gasteiger partial charge in [-0.15, -0.1) is 11.3 Å². The number of carbonyl (C=O) groups is 1. The molecule has 0 saturated heterocycles. The summed E-state index contributed by atoms with van der Waals surface area (Å²) in [5.74, 6) is -0.0277. The first-order chi connectivity index (χ1) is 11.4. The van der Waals surface area contributed by atoms with Crippen molar-refractivity contribution < 1.29 is 13.2 Å². The molecule has 1 aromatic heterocycles. The molecular formula is C17H22N2O3S2. The second kappa shape index (κ2) is 6.72. The molecule has 1 aromatic carbocycles. The van der Waals surface area contributed by atoms with Gasteiger partial charge in [-0.1, -0.05) is 12.8 Å². The zero-order chi connectivity index (χ0) is 17.3. The lowest BCUT2D eigenvalue weighted by Crippen LogP contribution is -2.31. The minimum Gasteiger partial charge on any atom is -0.349 e. The van der Waals surface area contributed by atoms with Crippen molar-refractivity contribution in [1.82, 2.24) is 5.32 Å². The maximum Gasteiger partial charge on any atom is 0.261 e. The Balaban J connectivity index is 1.87. The summed E-state index contributed by atoms with van der Waals surface area (Å²) in [5, 5.41) is 3.99. The maximum absolute atomic E-state index is 12.4. The largest absolute Gasteiger partial charge is 0.349 e. The number of benzene rings is 1. The zero-order valence-electron chi connectivity index (χ0n) is 13.9. The second-order valence-electron chi connectivity index (χ2n) is 6.22. The van der Waals surface area contributed by atoms with E-state index in [1.54, 1.807) is 13.0 Å². The Morgan fingerprint density at radius 2 is 2.00 bits per heavy atom. The lowest BCUT2D eigenvalue weighted by atomic mass is 10.2. The molecule has 1 amide bonds. The van der Waals surface area contributed by atoms with Crippen molar-refractivity contribution >= 4 is 43.0 Å².